The van der Waals surface area contributed by atoms with Crippen molar-refractivity contribution < 1.29 is 28.6 Å². The maximum atomic E-state index is 13.3. The molecule has 172 valence electrons. The zero-order valence-corrected chi connectivity index (χ0v) is 18.5. The molecule has 0 saturated carbocycles. The van der Waals surface area contributed by atoms with Crippen molar-refractivity contribution in [2.75, 3.05) is 37.2 Å². The molecule has 2 aromatic carbocycles. The van der Waals surface area contributed by atoms with Gasteiger partial charge in [-0.3, -0.25) is 19.3 Å². The summed E-state index contributed by atoms with van der Waals surface area (Å²) < 4.78 is 16.1. The summed E-state index contributed by atoms with van der Waals surface area (Å²) in [6.07, 6.45) is 0.539. The van der Waals surface area contributed by atoms with Gasteiger partial charge in [0.2, 0.25) is 12.7 Å². The lowest BCUT2D eigenvalue weighted by molar-refractivity contribution is -0.137. The molecule has 0 saturated heterocycles. The molecule has 2 aliphatic heterocycles. The van der Waals surface area contributed by atoms with Crippen LogP contribution in [0.4, 0.5) is 11.4 Å². The second kappa shape index (κ2) is 9.74. The van der Waals surface area contributed by atoms with Gasteiger partial charge in [0, 0.05) is 44.1 Å². The number of hydrogen-bond donors (Lipinski definition) is 2. The molecule has 0 spiro atoms. The highest BCUT2D eigenvalue weighted by atomic mass is 16.7. The molecule has 0 aliphatic carbocycles. The topological polar surface area (TPSA) is 106 Å². The quantitative estimate of drug-likeness (QED) is 0.446. The number of fused-ring (bicyclic) bond motifs is 1. The number of nitrogens with zero attached hydrogens (tertiary/aromatic N) is 1. The third-order valence-corrected chi connectivity index (χ3v) is 5.18. The van der Waals surface area contributed by atoms with Gasteiger partial charge in [-0.1, -0.05) is 12.1 Å². The van der Waals surface area contributed by atoms with Crippen LogP contribution in [0, 0.1) is 0 Å². The Morgan fingerprint density at radius 3 is 2.48 bits per heavy atom. The molecule has 3 amide bonds. The van der Waals surface area contributed by atoms with Crippen LogP contribution in [0.15, 0.2) is 48.2 Å². The standard InChI is InChI=1S/C24H25N3O6/c1-3-31-12-4-11-27-23(29)21(16-5-7-17(8-6-16)25-15(2)28)22(24(27)30)26-18-9-10-19-20(13-18)33-14-32-19/h5-10,13,26H,3-4,11-12,14H2,1-2H3,(H,25,28). The molecule has 0 fully saturated rings. The fraction of sp³-hybridized carbons (Fsp3) is 0.292. The van der Waals surface area contributed by atoms with Crippen molar-refractivity contribution >= 4 is 34.7 Å². The summed E-state index contributed by atoms with van der Waals surface area (Å²) in [5.41, 5.74) is 2.21. The number of rotatable bonds is 9. The lowest BCUT2D eigenvalue weighted by Crippen LogP contribution is -2.34. The van der Waals surface area contributed by atoms with Crippen LogP contribution >= 0.6 is 0 Å². The van der Waals surface area contributed by atoms with Crippen molar-refractivity contribution in [1.29, 1.82) is 0 Å². The van der Waals surface area contributed by atoms with Gasteiger partial charge >= 0.3 is 0 Å². The van der Waals surface area contributed by atoms with E-state index in [1.807, 2.05) is 6.92 Å². The molecule has 4 rings (SSSR count). The Labute approximate surface area is 191 Å². The number of hydrogen-bond acceptors (Lipinski definition) is 7. The van der Waals surface area contributed by atoms with E-state index in [2.05, 4.69) is 10.6 Å². The fourth-order valence-electron chi connectivity index (χ4n) is 3.67. The van der Waals surface area contributed by atoms with Gasteiger partial charge in [0.05, 0.1) is 5.57 Å². The second-order valence-electron chi connectivity index (χ2n) is 7.51. The Morgan fingerprint density at radius 1 is 1.03 bits per heavy atom. The van der Waals surface area contributed by atoms with Crippen molar-refractivity contribution in [2.45, 2.75) is 20.3 Å². The SMILES string of the molecule is CCOCCCN1C(=O)C(Nc2ccc3c(c2)OCO3)=C(c2ccc(NC(C)=O)cc2)C1=O. The number of ether oxygens (including phenoxy) is 3. The van der Waals surface area contributed by atoms with Crippen LogP contribution in [0.1, 0.15) is 25.8 Å². The maximum Gasteiger partial charge on any atom is 0.278 e. The highest BCUT2D eigenvalue weighted by Gasteiger charge is 2.39. The van der Waals surface area contributed by atoms with Crippen LogP contribution in [0.2, 0.25) is 0 Å². The largest absolute Gasteiger partial charge is 0.454 e. The molecular weight excluding hydrogens is 426 g/mol. The molecule has 9 heteroatoms. The van der Waals surface area contributed by atoms with Crippen molar-refractivity contribution in [3.63, 3.8) is 0 Å². The normalized spacial score (nSPS) is 14.8. The first-order valence-electron chi connectivity index (χ1n) is 10.7. The Bertz CT molecular complexity index is 1110. The van der Waals surface area contributed by atoms with Gasteiger partial charge in [-0.25, -0.2) is 0 Å². The smallest absolute Gasteiger partial charge is 0.278 e. The minimum atomic E-state index is -0.407. The molecule has 2 heterocycles. The highest BCUT2D eigenvalue weighted by Crippen LogP contribution is 2.36. The van der Waals surface area contributed by atoms with E-state index in [1.54, 1.807) is 42.5 Å². The first-order valence-corrected chi connectivity index (χ1v) is 10.7. The molecule has 0 radical (unpaired) electrons. The summed E-state index contributed by atoms with van der Waals surface area (Å²) in [7, 11) is 0. The van der Waals surface area contributed by atoms with Crippen LogP contribution < -0.4 is 20.1 Å². The van der Waals surface area contributed by atoms with E-state index in [0.29, 0.717) is 48.1 Å². The van der Waals surface area contributed by atoms with E-state index in [4.69, 9.17) is 14.2 Å². The molecule has 2 N–H and O–H groups in total. The van der Waals surface area contributed by atoms with Crippen LogP contribution in [-0.2, 0) is 19.1 Å². The number of benzene rings is 2. The number of amides is 3. The minimum Gasteiger partial charge on any atom is -0.454 e. The molecule has 33 heavy (non-hydrogen) atoms. The molecule has 0 atom stereocenters. The van der Waals surface area contributed by atoms with Gasteiger partial charge in [-0.05, 0) is 43.2 Å². The summed E-state index contributed by atoms with van der Waals surface area (Å²) in [6.45, 7) is 4.73. The first kappa shape index (κ1) is 22.3. The average molecular weight is 451 g/mol. The van der Waals surface area contributed by atoms with Gasteiger partial charge < -0.3 is 24.8 Å². The van der Waals surface area contributed by atoms with Gasteiger partial charge in [0.15, 0.2) is 11.5 Å². The summed E-state index contributed by atoms with van der Waals surface area (Å²) in [5.74, 6) is 0.198. The Balaban J connectivity index is 1.65. The first-order chi connectivity index (χ1) is 16.0. The number of carbonyl (C=O) groups excluding carboxylic acids is 3. The van der Waals surface area contributed by atoms with Crippen molar-refractivity contribution in [3.8, 4) is 11.5 Å². The van der Waals surface area contributed by atoms with E-state index < -0.39 is 5.91 Å². The van der Waals surface area contributed by atoms with E-state index in [-0.39, 0.29) is 36.4 Å². The Kier molecular flexibility index (Phi) is 6.60. The van der Waals surface area contributed by atoms with Crippen LogP contribution in [0.5, 0.6) is 11.5 Å². The van der Waals surface area contributed by atoms with Gasteiger partial charge in [0.1, 0.15) is 5.70 Å². The predicted octanol–water partition coefficient (Wildman–Crippen LogP) is 2.99. The lowest BCUT2D eigenvalue weighted by Gasteiger charge is -2.15. The zero-order valence-electron chi connectivity index (χ0n) is 18.5. The molecule has 2 aliphatic rings. The number of imide groups is 1. The number of anilines is 2. The number of carbonyl (C=O) groups is 3. The summed E-state index contributed by atoms with van der Waals surface area (Å²) in [5, 5.41) is 5.80. The predicted molar refractivity (Wildman–Crippen MR) is 122 cm³/mol. The summed E-state index contributed by atoms with van der Waals surface area (Å²) in [6, 6.07) is 12.0. The third kappa shape index (κ3) is 4.83. The maximum absolute atomic E-state index is 13.3. The third-order valence-electron chi connectivity index (χ3n) is 5.18. The average Bonchev–Trinajstić information content (AvgIpc) is 3.35. The van der Waals surface area contributed by atoms with Crippen LogP contribution in [0.3, 0.4) is 0 Å². The molecule has 2 aromatic rings. The molecule has 9 nitrogen and oxygen atoms in total. The van der Waals surface area contributed by atoms with Gasteiger partial charge in [-0.2, -0.15) is 0 Å². The molecular formula is C24H25N3O6. The Morgan fingerprint density at radius 2 is 1.76 bits per heavy atom. The van der Waals surface area contributed by atoms with E-state index in [9.17, 15) is 14.4 Å². The lowest BCUT2D eigenvalue weighted by atomic mass is 10.0. The van der Waals surface area contributed by atoms with Crippen LogP contribution in [0.25, 0.3) is 5.57 Å². The summed E-state index contributed by atoms with van der Waals surface area (Å²) in [4.78, 5) is 39.1. The van der Waals surface area contributed by atoms with Crippen LogP contribution in [-0.4, -0.2) is 49.2 Å². The van der Waals surface area contributed by atoms with Crippen molar-refractivity contribution in [3.05, 3.63) is 53.7 Å². The van der Waals surface area contributed by atoms with Crippen molar-refractivity contribution in [2.24, 2.45) is 0 Å². The summed E-state index contributed by atoms with van der Waals surface area (Å²) >= 11 is 0. The monoisotopic (exact) mass is 451 g/mol. The van der Waals surface area contributed by atoms with Crippen molar-refractivity contribution in [1.82, 2.24) is 4.90 Å². The second-order valence-corrected chi connectivity index (χ2v) is 7.51. The molecule has 0 bridgehead atoms. The highest BCUT2D eigenvalue weighted by molar-refractivity contribution is 6.36. The number of nitrogens with one attached hydrogen (secondary N) is 2. The van der Waals surface area contributed by atoms with E-state index >= 15 is 0 Å². The van der Waals surface area contributed by atoms with Gasteiger partial charge in [-0.15, -0.1) is 0 Å². The zero-order chi connectivity index (χ0) is 23.4. The minimum absolute atomic E-state index is 0.137. The molecule has 0 unspecified atom stereocenters. The van der Waals surface area contributed by atoms with Gasteiger partial charge in [0.25, 0.3) is 11.8 Å². The van der Waals surface area contributed by atoms with E-state index in [1.165, 1.54) is 11.8 Å². The van der Waals surface area contributed by atoms with E-state index in [0.717, 1.165) is 0 Å². The Hall–Kier alpha value is -3.85. The fourth-order valence-corrected chi connectivity index (χ4v) is 3.67. The molecule has 0 aromatic heterocycles.